The van der Waals surface area contributed by atoms with Crippen molar-refractivity contribution < 1.29 is 9.31 Å². The lowest BCUT2D eigenvalue weighted by Gasteiger charge is -2.10. The summed E-state index contributed by atoms with van der Waals surface area (Å²) < 4.78 is 13.1. The van der Waals surface area contributed by atoms with E-state index < -0.39 is 10.7 Å². The third kappa shape index (κ3) is 3.29. The maximum Gasteiger partial charge on any atom is 0.329 e. The largest absolute Gasteiger partial charge is 0.357 e. The first-order chi connectivity index (χ1) is 9.92. The molecule has 1 aromatic heterocycles. The van der Waals surface area contributed by atoms with Gasteiger partial charge in [-0.05, 0) is 12.1 Å². The first-order valence-electron chi connectivity index (χ1n) is 5.53. The second-order valence-corrected chi connectivity index (χ2v) is 4.62. The van der Waals surface area contributed by atoms with Crippen molar-refractivity contribution in [3.8, 4) is 0 Å². The predicted molar refractivity (Wildman–Crippen MR) is 77.9 cm³/mol. The van der Waals surface area contributed by atoms with E-state index in [0.29, 0.717) is 0 Å². The van der Waals surface area contributed by atoms with E-state index in [1.54, 1.807) is 7.05 Å². The summed E-state index contributed by atoms with van der Waals surface area (Å²) in [6, 6.07) is 2.06. The number of rotatable bonds is 4. The van der Waals surface area contributed by atoms with Gasteiger partial charge in [0.15, 0.2) is 0 Å². The Morgan fingerprint density at radius 2 is 1.95 bits per heavy atom. The van der Waals surface area contributed by atoms with Crippen LogP contribution in [0, 0.1) is 15.9 Å². The van der Waals surface area contributed by atoms with E-state index in [-0.39, 0.29) is 33.2 Å². The molecule has 0 unspecified atom stereocenters. The molecule has 0 saturated carbocycles. The molecule has 2 aromatic rings. The van der Waals surface area contributed by atoms with Crippen molar-refractivity contribution in [2.24, 2.45) is 0 Å². The van der Waals surface area contributed by atoms with Crippen LogP contribution in [0.2, 0.25) is 10.0 Å². The van der Waals surface area contributed by atoms with Crippen LogP contribution in [0.1, 0.15) is 0 Å². The van der Waals surface area contributed by atoms with E-state index in [2.05, 4.69) is 20.6 Å². The smallest absolute Gasteiger partial charge is 0.329 e. The molecule has 2 rings (SSSR count). The van der Waals surface area contributed by atoms with Gasteiger partial charge in [-0.1, -0.05) is 23.2 Å². The molecule has 0 aliphatic rings. The third-order valence-corrected chi connectivity index (χ3v) is 3.04. The molecule has 0 aliphatic heterocycles. The monoisotopic (exact) mass is 331 g/mol. The Bertz CT molecular complexity index is 690. The van der Waals surface area contributed by atoms with Crippen molar-refractivity contribution in [1.82, 2.24) is 9.97 Å². The van der Waals surface area contributed by atoms with Gasteiger partial charge in [0.1, 0.15) is 12.0 Å². The van der Waals surface area contributed by atoms with Crippen molar-refractivity contribution in [1.29, 1.82) is 0 Å². The molecule has 7 nitrogen and oxygen atoms in total. The van der Waals surface area contributed by atoms with Gasteiger partial charge in [0.25, 0.3) is 0 Å². The maximum atomic E-state index is 13.1. The number of halogens is 3. The SMILES string of the molecule is CNc1ncc([N+](=O)[O-])c(Nc2c(Cl)cc(F)cc2Cl)n1. The quantitative estimate of drug-likeness (QED) is 0.656. The molecule has 2 N–H and O–H groups in total. The Balaban J connectivity index is 2.50. The number of aromatic nitrogens is 2. The van der Waals surface area contributed by atoms with Gasteiger partial charge in [-0.25, -0.2) is 9.37 Å². The summed E-state index contributed by atoms with van der Waals surface area (Å²) in [6.07, 6.45) is 1.03. The van der Waals surface area contributed by atoms with Crippen LogP contribution < -0.4 is 10.6 Å². The average molecular weight is 332 g/mol. The topological polar surface area (TPSA) is 93.0 Å². The Morgan fingerprint density at radius 1 is 1.33 bits per heavy atom. The Morgan fingerprint density at radius 3 is 2.48 bits per heavy atom. The Labute approximate surface area is 128 Å². The highest BCUT2D eigenvalue weighted by molar-refractivity contribution is 6.39. The standard InChI is InChI=1S/C11H8Cl2FN5O2/c1-15-11-16-4-8(19(20)21)10(18-11)17-9-6(12)2-5(14)3-7(9)13/h2-4H,1H3,(H2,15,16,17,18). The zero-order valence-corrected chi connectivity index (χ0v) is 12.0. The van der Waals surface area contributed by atoms with Crippen LogP contribution in [0.25, 0.3) is 0 Å². The normalized spacial score (nSPS) is 10.3. The number of nitro groups is 1. The molecule has 0 spiro atoms. The summed E-state index contributed by atoms with van der Waals surface area (Å²) in [4.78, 5) is 18.0. The molecule has 0 bridgehead atoms. The average Bonchev–Trinajstić information content (AvgIpc) is 2.42. The van der Waals surface area contributed by atoms with E-state index in [4.69, 9.17) is 23.2 Å². The lowest BCUT2D eigenvalue weighted by atomic mass is 10.3. The summed E-state index contributed by atoms with van der Waals surface area (Å²) in [5.41, 5.74) is -0.256. The van der Waals surface area contributed by atoms with E-state index in [1.165, 1.54) is 0 Å². The highest BCUT2D eigenvalue weighted by Crippen LogP contribution is 2.35. The summed E-state index contributed by atoms with van der Waals surface area (Å²) in [6.45, 7) is 0. The van der Waals surface area contributed by atoms with Crippen molar-refractivity contribution in [3.05, 3.63) is 44.3 Å². The molecule has 0 saturated heterocycles. The van der Waals surface area contributed by atoms with Gasteiger partial charge in [-0.15, -0.1) is 0 Å². The lowest BCUT2D eigenvalue weighted by molar-refractivity contribution is -0.384. The molecule has 1 heterocycles. The van der Waals surface area contributed by atoms with Gasteiger partial charge in [-0.2, -0.15) is 4.98 Å². The molecular weight excluding hydrogens is 324 g/mol. The summed E-state index contributed by atoms with van der Waals surface area (Å²) in [5.74, 6) is -0.573. The van der Waals surface area contributed by atoms with Crippen LogP contribution in [0.3, 0.4) is 0 Å². The van der Waals surface area contributed by atoms with Gasteiger partial charge in [-0.3, -0.25) is 10.1 Å². The molecule has 21 heavy (non-hydrogen) atoms. The first-order valence-corrected chi connectivity index (χ1v) is 6.28. The second-order valence-electron chi connectivity index (χ2n) is 3.80. The van der Waals surface area contributed by atoms with Crippen LogP contribution in [0.4, 0.5) is 27.5 Å². The molecule has 0 atom stereocenters. The molecule has 110 valence electrons. The summed E-state index contributed by atoms with van der Waals surface area (Å²) >= 11 is 11.7. The number of nitrogens with zero attached hydrogens (tertiary/aromatic N) is 3. The predicted octanol–water partition coefficient (Wildman–Crippen LogP) is 3.62. The Kier molecular flexibility index (Phi) is 4.39. The number of nitrogens with one attached hydrogen (secondary N) is 2. The molecule has 1 aromatic carbocycles. The van der Waals surface area contributed by atoms with Crippen molar-refractivity contribution >= 4 is 46.3 Å². The van der Waals surface area contributed by atoms with Crippen molar-refractivity contribution in [2.75, 3.05) is 17.7 Å². The van der Waals surface area contributed by atoms with Crippen molar-refractivity contribution in [2.45, 2.75) is 0 Å². The fraction of sp³-hybridized carbons (Fsp3) is 0.0909. The third-order valence-electron chi connectivity index (χ3n) is 2.44. The van der Waals surface area contributed by atoms with E-state index in [0.717, 1.165) is 18.3 Å². The van der Waals surface area contributed by atoms with Crippen LogP contribution in [0.5, 0.6) is 0 Å². The van der Waals surface area contributed by atoms with Gasteiger partial charge < -0.3 is 10.6 Å². The molecule has 0 aliphatic carbocycles. The molecular formula is C11H8Cl2FN5O2. The molecule has 0 amide bonds. The van der Waals surface area contributed by atoms with Crippen LogP contribution in [-0.2, 0) is 0 Å². The fourth-order valence-electron chi connectivity index (χ4n) is 1.50. The number of benzene rings is 1. The van der Waals surface area contributed by atoms with Crippen LogP contribution in [0.15, 0.2) is 18.3 Å². The first kappa shape index (κ1) is 15.2. The minimum Gasteiger partial charge on any atom is -0.357 e. The van der Waals surface area contributed by atoms with Gasteiger partial charge >= 0.3 is 5.69 Å². The number of hydrogen-bond donors (Lipinski definition) is 2. The van der Waals surface area contributed by atoms with Gasteiger partial charge in [0.05, 0.1) is 20.7 Å². The van der Waals surface area contributed by atoms with Crippen LogP contribution in [-0.4, -0.2) is 21.9 Å². The number of hydrogen-bond acceptors (Lipinski definition) is 6. The minimum atomic E-state index is -0.660. The van der Waals surface area contributed by atoms with Crippen LogP contribution >= 0.6 is 23.2 Å². The van der Waals surface area contributed by atoms with Gasteiger partial charge in [0, 0.05) is 7.05 Å². The lowest BCUT2D eigenvalue weighted by Crippen LogP contribution is -2.05. The Hall–Kier alpha value is -2.19. The highest BCUT2D eigenvalue weighted by Gasteiger charge is 2.19. The van der Waals surface area contributed by atoms with Crippen molar-refractivity contribution in [3.63, 3.8) is 0 Å². The summed E-state index contributed by atoms with van der Waals surface area (Å²) in [5, 5.41) is 16.2. The number of anilines is 3. The summed E-state index contributed by atoms with van der Waals surface area (Å²) in [7, 11) is 1.56. The van der Waals surface area contributed by atoms with Gasteiger partial charge in [0.2, 0.25) is 11.8 Å². The van der Waals surface area contributed by atoms with E-state index >= 15 is 0 Å². The minimum absolute atomic E-state index is 0.0288. The maximum absolute atomic E-state index is 13.1. The molecule has 0 radical (unpaired) electrons. The fourth-order valence-corrected chi connectivity index (χ4v) is 2.06. The van der Waals surface area contributed by atoms with E-state index in [9.17, 15) is 14.5 Å². The highest BCUT2D eigenvalue weighted by atomic mass is 35.5. The molecule has 0 fully saturated rings. The second kappa shape index (κ2) is 6.06. The zero-order chi connectivity index (χ0) is 15.6. The zero-order valence-electron chi connectivity index (χ0n) is 10.5. The molecule has 10 heteroatoms. The van der Waals surface area contributed by atoms with E-state index in [1.807, 2.05) is 0 Å².